The smallest absolute Gasteiger partial charge is 0.238 e. The standard InChI is InChI=1S/C16H20ClN3O2S.ClH/c17-10-3-4-12-11(7-10)19-15(22)13(23-12)8-14(21)20-16(9-18)5-1-2-6-16;/h3-4,7,13H,1-2,5-6,8-9,18H2,(H,19,22)(H,20,21);1H. The van der Waals surface area contributed by atoms with Gasteiger partial charge in [0.15, 0.2) is 0 Å². The summed E-state index contributed by atoms with van der Waals surface area (Å²) in [6.45, 7) is 0.448. The molecule has 1 aromatic carbocycles. The summed E-state index contributed by atoms with van der Waals surface area (Å²) in [6, 6.07) is 5.37. The van der Waals surface area contributed by atoms with Crippen molar-refractivity contribution in [1.82, 2.24) is 5.32 Å². The Labute approximate surface area is 156 Å². The van der Waals surface area contributed by atoms with Crippen LogP contribution in [0.1, 0.15) is 32.1 Å². The second-order valence-electron chi connectivity index (χ2n) is 6.18. The number of hydrogen-bond donors (Lipinski definition) is 3. The number of anilines is 1. The summed E-state index contributed by atoms with van der Waals surface area (Å²) < 4.78 is 0. The number of nitrogens with one attached hydrogen (secondary N) is 2. The van der Waals surface area contributed by atoms with Crippen LogP contribution in [0, 0.1) is 0 Å². The van der Waals surface area contributed by atoms with Crippen molar-refractivity contribution in [2.24, 2.45) is 5.73 Å². The molecule has 1 unspecified atom stereocenters. The fraction of sp³-hybridized carbons (Fsp3) is 0.500. The zero-order chi connectivity index (χ0) is 16.4. The number of fused-ring (bicyclic) bond motifs is 1. The van der Waals surface area contributed by atoms with E-state index >= 15 is 0 Å². The van der Waals surface area contributed by atoms with Gasteiger partial charge in [0.25, 0.3) is 0 Å². The Morgan fingerprint density at radius 2 is 2.12 bits per heavy atom. The van der Waals surface area contributed by atoms with Crippen LogP contribution in [0.25, 0.3) is 0 Å². The molecule has 1 aromatic rings. The molecular formula is C16H21Cl2N3O2S. The van der Waals surface area contributed by atoms with Crippen LogP contribution in [0.15, 0.2) is 23.1 Å². The van der Waals surface area contributed by atoms with Crippen molar-refractivity contribution in [2.75, 3.05) is 11.9 Å². The average Bonchev–Trinajstić information content (AvgIpc) is 2.97. The molecule has 3 rings (SSSR count). The molecule has 0 radical (unpaired) electrons. The lowest BCUT2D eigenvalue weighted by atomic mass is 9.97. The first kappa shape index (κ1) is 19.4. The molecule has 0 saturated heterocycles. The highest BCUT2D eigenvalue weighted by Crippen LogP contribution is 2.38. The number of amides is 2. The molecule has 4 N–H and O–H groups in total. The fourth-order valence-corrected chi connectivity index (χ4v) is 4.47. The molecule has 1 atom stereocenters. The highest BCUT2D eigenvalue weighted by Gasteiger charge is 2.36. The summed E-state index contributed by atoms with van der Waals surface area (Å²) in [5, 5.41) is 6.03. The van der Waals surface area contributed by atoms with Crippen LogP contribution >= 0.6 is 35.8 Å². The van der Waals surface area contributed by atoms with Crippen LogP contribution in [0.5, 0.6) is 0 Å². The topological polar surface area (TPSA) is 84.2 Å². The van der Waals surface area contributed by atoms with Crippen molar-refractivity contribution in [1.29, 1.82) is 0 Å². The lowest BCUT2D eigenvalue weighted by Gasteiger charge is -2.30. The fourth-order valence-electron chi connectivity index (χ4n) is 3.20. The van der Waals surface area contributed by atoms with E-state index < -0.39 is 5.25 Å². The van der Waals surface area contributed by atoms with E-state index in [1.165, 1.54) is 11.8 Å². The van der Waals surface area contributed by atoms with Crippen LogP contribution in [0.2, 0.25) is 5.02 Å². The molecule has 2 amide bonds. The van der Waals surface area contributed by atoms with Crippen LogP contribution in [-0.4, -0.2) is 29.1 Å². The van der Waals surface area contributed by atoms with E-state index in [9.17, 15) is 9.59 Å². The van der Waals surface area contributed by atoms with Crippen molar-refractivity contribution in [3.63, 3.8) is 0 Å². The molecule has 0 aromatic heterocycles. The van der Waals surface area contributed by atoms with Crippen LogP contribution in [0.4, 0.5) is 5.69 Å². The zero-order valence-corrected chi connectivity index (χ0v) is 15.5. The molecule has 132 valence electrons. The molecule has 5 nitrogen and oxygen atoms in total. The monoisotopic (exact) mass is 389 g/mol. The third kappa shape index (κ3) is 4.17. The minimum Gasteiger partial charge on any atom is -0.349 e. The minimum absolute atomic E-state index is 0. The number of carbonyl (C=O) groups is 2. The summed E-state index contributed by atoms with van der Waals surface area (Å²) >= 11 is 7.34. The van der Waals surface area contributed by atoms with Gasteiger partial charge < -0.3 is 16.4 Å². The highest BCUT2D eigenvalue weighted by molar-refractivity contribution is 8.01. The number of hydrogen-bond acceptors (Lipinski definition) is 4. The highest BCUT2D eigenvalue weighted by atomic mass is 35.5. The van der Waals surface area contributed by atoms with Crippen molar-refractivity contribution >= 4 is 53.3 Å². The Morgan fingerprint density at radius 1 is 1.42 bits per heavy atom. The van der Waals surface area contributed by atoms with Crippen molar-refractivity contribution in [3.8, 4) is 0 Å². The molecular weight excluding hydrogens is 369 g/mol. The largest absolute Gasteiger partial charge is 0.349 e. The maximum absolute atomic E-state index is 12.4. The number of nitrogens with two attached hydrogens (primary N) is 1. The molecule has 1 aliphatic heterocycles. The Morgan fingerprint density at radius 3 is 2.79 bits per heavy atom. The summed E-state index contributed by atoms with van der Waals surface area (Å²) in [4.78, 5) is 25.5. The zero-order valence-electron chi connectivity index (χ0n) is 13.1. The molecule has 2 aliphatic rings. The molecule has 8 heteroatoms. The Balaban J connectivity index is 0.00000208. The normalized spacial score (nSPS) is 21.4. The molecule has 24 heavy (non-hydrogen) atoms. The summed E-state index contributed by atoms with van der Waals surface area (Å²) in [5.74, 6) is -0.268. The van der Waals surface area contributed by atoms with Crippen LogP contribution in [-0.2, 0) is 9.59 Å². The van der Waals surface area contributed by atoms with E-state index in [2.05, 4.69) is 10.6 Å². The van der Waals surface area contributed by atoms with Gasteiger partial charge in [-0.2, -0.15) is 0 Å². The molecule has 1 fully saturated rings. The average molecular weight is 390 g/mol. The molecule has 1 saturated carbocycles. The van der Waals surface area contributed by atoms with Crippen molar-refractivity contribution in [2.45, 2.75) is 47.8 Å². The molecule has 1 aliphatic carbocycles. The van der Waals surface area contributed by atoms with E-state index in [1.807, 2.05) is 6.07 Å². The van der Waals surface area contributed by atoms with Gasteiger partial charge in [-0.25, -0.2) is 0 Å². The van der Waals surface area contributed by atoms with E-state index in [0.717, 1.165) is 30.6 Å². The lowest BCUT2D eigenvalue weighted by Crippen LogP contribution is -2.52. The number of thioether (sulfide) groups is 1. The summed E-state index contributed by atoms with van der Waals surface area (Å²) in [7, 11) is 0. The first-order valence-corrected chi connectivity index (χ1v) is 9.05. The second kappa shape index (κ2) is 7.95. The molecule has 0 bridgehead atoms. The van der Waals surface area contributed by atoms with Gasteiger partial charge >= 0.3 is 0 Å². The Hall–Kier alpha value is -0.950. The summed E-state index contributed by atoms with van der Waals surface area (Å²) in [5.41, 5.74) is 6.27. The Bertz CT molecular complexity index is 636. The third-order valence-electron chi connectivity index (χ3n) is 4.49. The van der Waals surface area contributed by atoms with Gasteiger partial charge in [-0.05, 0) is 31.0 Å². The number of benzene rings is 1. The van der Waals surface area contributed by atoms with Crippen molar-refractivity contribution < 1.29 is 9.59 Å². The maximum atomic E-state index is 12.4. The maximum Gasteiger partial charge on any atom is 0.238 e. The lowest BCUT2D eigenvalue weighted by molar-refractivity contribution is -0.125. The van der Waals surface area contributed by atoms with Gasteiger partial charge in [-0.15, -0.1) is 24.2 Å². The number of rotatable bonds is 4. The van der Waals surface area contributed by atoms with E-state index in [4.69, 9.17) is 17.3 Å². The van der Waals surface area contributed by atoms with E-state index in [-0.39, 0.29) is 36.2 Å². The summed E-state index contributed by atoms with van der Waals surface area (Å²) in [6.07, 6.45) is 4.16. The molecule has 1 heterocycles. The Kier molecular flexibility index (Phi) is 6.42. The van der Waals surface area contributed by atoms with E-state index in [1.54, 1.807) is 12.1 Å². The van der Waals surface area contributed by atoms with E-state index in [0.29, 0.717) is 17.3 Å². The number of carbonyl (C=O) groups excluding carboxylic acids is 2. The predicted octanol–water partition coefficient (Wildman–Crippen LogP) is 2.95. The van der Waals surface area contributed by atoms with Gasteiger partial charge in [-0.3, -0.25) is 9.59 Å². The predicted molar refractivity (Wildman–Crippen MR) is 100.0 cm³/mol. The van der Waals surface area contributed by atoms with Gasteiger partial charge in [0, 0.05) is 22.9 Å². The second-order valence-corrected chi connectivity index (χ2v) is 7.86. The first-order valence-electron chi connectivity index (χ1n) is 7.79. The quantitative estimate of drug-likeness (QED) is 0.738. The van der Waals surface area contributed by atoms with Crippen LogP contribution < -0.4 is 16.4 Å². The van der Waals surface area contributed by atoms with Crippen LogP contribution in [0.3, 0.4) is 0 Å². The first-order chi connectivity index (χ1) is 11.0. The van der Waals surface area contributed by atoms with Gasteiger partial charge in [0.05, 0.1) is 16.5 Å². The number of halogens is 2. The van der Waals surface area contributed by atoms with Gasteiger partial charge in [0.2, 0.25) is 11.8 Å². The SMILES string of the molecule is Cl.NCC1(NC(=O)CC2Sc3ccc(Cl)cc3NC2=O)CCCC1. The van der Waals surface area contributed by atoms with Gasteiger partial charge in [0.1, 0.15) is 0 Å². The van der Waals surface area contributed by atoms with Crippen molar-refractivity contribution in [3.05, 3.63) is 23.2 Å². The van der Waals surface area contributed by atoms with Gasteiger partial charge in [-0.1, -0.05) is 24.4 Å². The third-order valence-corrected chi connectivity index (χ3v) is 6.00. The molecule has 0 spiro atoms. The minimum atomic E-state index is -0.431.